The van der Waals surface area contributed by atoms with Crippen LogP contribution in [0.4, 0.5) is 5.69 Å². The number of halogens is 2. The van der Waals surface area contributed by atoms with E-state index < -0.39 is 18.2 Å². The van der Waals surface area contributed by atoms with Gasteiger partial charge in [0.15, 0.2) is 0 Å². The van der Waals surface area contributed by atoms with E-state index in [1.807, 2.05) is 18.2 Å². The highest BCUT2D eigenvalue weighted by molar-refractivity contribution is 6.39. The van der Waals surface area contributed by atoms with E-state index in [1.165, 1.54) is 0 Å². The van der Waals surface area contributed by atoms with Crippen molar-refractivity contribution >= 4 is 40.8 Å². The summed E-state index contributed by atoms with van der Waals surface area (Å²) in [6, 6.07) is 20.9. The fraction of sp³-hybridized carbons (Fsp3) is 0.167. The number of hydrogen-bond acceptors (Lipinski definition) is 6. The molecule has 1 N–H and O–H groups in total. The predicted molar refractivity (Wildman–Crippen MR) is 123 cm³/mol. The molecule has 0 aliphatic rings. The Morgan fingerprint density at radius 3 is 2.16 bits per heavy atom. The van der Waals surface area contributed by atoms with Crippen LogP contribution in [0.2, 0.25) is 10.0 Å². The molecule has 0 fully saturated rings. The van der Waals surface area contributed by atoms with Crippen molar-refractivity contribution in [2.24, 2.45) is 0 Å². The third-order valence-corrected chi connectivity index (χ3v) is 5.06. The molecule has 8 heteroatoms. The van der Waals surface area contributed by atoms with Crippen LogP contribution < -0.4 is 10.1 Å². The Labute approximate surface area is 196 Å². The third-order valence-electron chi connectivity index (χ3n) is 4.43. The molecule has 0 aromatic heterocycles. The van der Waals surface area contributed by atoms with Gasteiger partial charge < -0.3 is 19.5 Å². The third kappa shape index (κ3) is 6.64. The number of ether oxygens (including phenoxy) is 3. The summed E-state index contributed by atoms with van der Waals surface area (Å²) < 4.78 is 15.9. The molecule has 0 aliphatic heterocycles. The molecule has 3 aromatic rings. The number of anilines is 1. The first-order valence-corrected chi connectivity index (χ1v) is 10.5. The molecule has 166 valence electrons. The first kappa shape index (κ1) is 23.4. The molecular formula is C24H21Cl2NO5. The summed E-state index contributed by atoms with van der Waals surface area (Å²) in [7, 11) is 1.56. The van der Waals surface area contributed by atoms with E-state index in [0.717, 1.165) is 11.1 Å². The van der Waals surface area contributed by atoms with Crippen LogP contribution in [0, 0.1) is 0 Å². The maximum atomic E-state index is 12.8. The number of para-hydroxylation sites is 1. The molecule has 1 atom stereocenters. The lowest BCUT2D eigenvalue weighted by Gasteiger charge is -2.20. The monoisotopic (exact) mass is 473 g/mol. The molecule has 3 aromatic carbocycles. The number of carbonyl (C=O) groups excluding carboxylic acids is 2. The summed E-state index contributed by atoms with van der Waals surface area (Å²) in [5, 5.41) is 3.32. The molecule has 0 saturated heterocycles. The highest BCUT2D eigenvalue weighted by Crippen LogP contribution is 2.30. The van der Waals surface area contributed by atoms with Crippen LogP contribution in [0.25, 0.3) is 0 Å². The summed E-state index contributed by atoms with van der Waals surface area (Å²) >= 11 is 12.4. The maximum Gasteiger partial charge on any atom is 0.369 e. The zero-order valence-electron chi connectivity index (χ0n) is 17.2. The Morgan fingerprint density at radius 1 is 0.875 bits per heavy atom. The molecule has 6 nitrogen and oxygen atoms in total. The van der Waals surface area contributed by atoms with Gasteiger partial charge in [-0.1, -0.05) is 71.7 Å². The molecule has 32 heavy (non-hydrogen) atoms. The van der Waals surface area contributed by atoms with E-state index in [9.17, 15) is 9.59 Å². The van der Waals surface area contributed by atoms with Gasteiger partial charge in [-0.2, -0.15) is 0 Å². The second-order valence-corrected chi connectivity index (χ2v) is 7.54. The summed E-state index contributed by atoms with van der Waals surface area (Å²) in [5.41, 5.74) is 1.75. The lowest BCUT2D eigenvalue weighted by molar-refractivity contribution is -0.166. The average molecular weight is 474 g/mol. The second-order valence-electron chi connectivity index (χ2n) is 6.73. The van der Waals surface area contributed by atoms with Crippen molar-refractivity contribution < 1.29 is 23.8 Å². The van der Waals surface area contributed by atoms with Gasteiger partial charge in [-0.3, -0.25) is 4.79 Å². The van der Waals surface area contributed by atoms with Crippen LogP contribution in [0.1, 0.15) is 11.1 Å². The van der Waals surface area contributed by atoms with Crippen molar-refractivity contribution in [2.75, 3.05) is 12.4 Å². The molecule has 0 spiro atoms. The van der Waals surface area contributed by atoms with Crippen LogP contribution in [0.5, 0.6) is 5.75 Å². The minimum atomic E-state index is -1.44. The lowest BCUT2D eigenvalue weighted by Crippen LogP contribution is -2.36. The molecular weight excluding hydrogens is 453 g/mol. The van der Waals surface area contributed by atoms with Gasteiger partial charge in [0.2, 0.25) is 0 Å². The normalized spacial score (nSPS) is 11.3. The molecule has 0 aliphatic carbocycles. The van der Waals surface area contributed by atoms with Crippen molar-refractivity contribution in [3.8, 4) is 5.75 Å². The molecule has 0 amide bonds. The van der Waals surface area contributed by atoms with Gasteiger partial charge in [-0.15, -0.1) is 0 Å². The Bertz CT molecular complexity index is 1040. The number of benzene rings is 3. The van der Waals surface area contributed by atoms with Gasteiger partial charge in [0.1, 0.15) is 12.4 Å². The lowest BCUT2D eigenvalue weighted by atomic mass is 10.2. The van der Waals surface area contributed by atoms with Crippen molar-refractivity contribution in [1.82, 2.24) is 0 Å². The number of rotatable bonds is 9. The van der Waals surface area contributed by atoms with Gasteiger partial charge >= 0.3 is 11.9 Å². The largest absolute Gasteiger partial charge is 0.497 e. The summed E-state index contributed by atoms with van der Waals surface area (Å²) in [6.07, 6.45) is -1.46. The Balaban J connectivity index is 1.72. The average Bonchev–Trinajstić information content (AvgIpc) is 2.80. The van der Waals surface area contributed by atoms with E-state index in [2.05, 4.69) is 5.32 Å². The van der Waals surface area contributed by atoms with E-state index in [1.54, 1.807) is 61.7 Å². The predicted octanol–water partition coefficient (Wildman–Crippen LogP) is 5.27. The zero-order chi connectivity index (χ0) is 22.9. The Hall–Kier alpha value is -3.22. The fourth-order valence-electron chi connectivity index (χ4n) is 2.79. The van der Waals surface area contributed by atoms with E-state index in [-0.39, 0.29) is 28.8 Å². The Morgan fingerprint density at radius 2 is 1.53 bits per heavy atom. The van der Waals surface area contributed by atoms with Crippen LogP contribution in [-0.2, 0) is 32.1 Å². The van der Waals surface area contributed by atoms with Gasteiger partial charge in [0.25, 0.3) is 6.23 Å². The number of methoxy groups -OCH3 is 1. The zero-order valence-corrected chi connectivity index (χ0v) is 18.7. The maximum absolute atomic E-state index is 12.8. The van der Waals surface area contributed by atoms with Gasteiger partial charge in [-0.05, 0) is 35.4 Å². The van der Waals surface area contributed by atoms with Crippen LogP contribution in [0.15, 0.2) is 72.8 Å². The second kappa shape index (κ2) is 11.4. The van der Waals surface area contributed by atoms with Gasteiger partial charge in [-0.25, -0.2) is 4.79 Å². The first-order chi connectivity index (χ1) is 15.5. The number of carbonyl (C=O) groups is 2. The molecule has 0 saturated carbocycles. The van der Waals surface area contributed by atoms with Gasteiger partial charge in [0.05, 0.1) is 29.3 Å². The minimum absolute atomic E-state index is 0.0129. The highest BCUT2D eigenvalue weighted by Gasteiger charge is 2.26. The molecule has 1 unspecified atom stereocenters. The Kier molecular flexibility index (Phi) is 8.36. The smallest absolute Gasteiger partial charge is 0.369 e. The molecule has 0 bridgehead atoms. The molecule has 0 heterocycles. The van der Waals surface area contributed by atoms with E-state index in [4.69, 9.17) is 37.4 Å². The van der Waals surface area contributed by atoms with Crippen LogP contribution >= 0.6 is 23.2 Å². The summed E-state index contributed by atoms with van der Waals surface area (Å²) in [5.74, 6) is -0.723. The van der Waals surface area contributed by atoms with E-state index >= 15 is 0 Å². The van der Waals surface area contributed by atoms with E-state index in [0.29, 0.717) is 5.75 Å². The number of esters is 2. The van der Waals surface area contributed by atoms with Gasteiger partial charge in [0, 0.05) is 0 Å². The molecule has 3 rings (SSSR count). The number of hydrogen-bond donors (Lipinski definition) is 1. The van der Waals surface area contributed by atoms with Crippen LogP contribution in [0.3, 0.4) is 0 Å². The topological polar surface area (TPSA) is 73.9 Å². The van der Waals surface area contributed by atoms with Crippen molar-refractivity contribution in [2.45, 2.75) is 19.3 Å². The summed E-state index contributed by atoms with van der Waals surface area (Å²) in [4.78, 5) is 25.3. The summed E-state index contributed by atoms with van der Waals surface area (Å²) in [6.45, 7) is -0.0203. The van der Waals surface area contributed by atoms with Crippen molar-refractivity contribution in [3.63, 3.8) is 0 Å². The standard InChI is InChI=1S/C24H21Cl2NO5/c1-30-18-12-10-17(11-13-18)15-31-24(29)23(27-22-19(25)8-5-9-20(22)26)32-21(28)14-16-6-3-2-4-7-16/h2-13,23,27H,14-15H2,1H3. The van der Waals surface area contributed by atoms with Crippen molar-refractivity contribution in [3.05, 3.63) is 94.0 Å². The number of nitrogens with one attached hydrogen (secondary N) is 1. The quantitative estimate of drug-likeness (QED) is 0.337. The minimum Gasteiger partial charge on any atom is -0.497 e. The SMILES string of the molecule is COc1ccc(COC(=O)C(Nc2c(Cl)cccc2Cl)OC(=O)Cc2ccccc2)cc1. The first-order valence-electron chi connectivity index (χ1n) is 9.70. The molecule has 0 radical (unpaired) electrons. The fourth-order valence-corrected chi connectivity index (χ4v) is 3.30. The van der Waals surface area contributed by atoms with Crippen molar-refractivity contribution in [1.29, 1.82) is 0 Å². The van der Waals surface area contributed by atoms with Crippen LogP contribution in [-0.4, -0.2) is 25.3 Å². The highest BCUT2D eigenvalue weighted by atomic mass is 35.5.